The van der Waals surface area contributed by atoms with Crippen LogP contribution in [0.4, 0.5) is 0 Å². The smallest absolute Gasteiger partial charge is 0.295 e. The highest BCUT2D eigenvalue weighted by Gasteiger charge is 2.46. The van der Waals surface area contributed by atoms with E-state index in [-0.39, 0.29) is 17.9 Å². The quantitative estimate of drug-likeness (QED) is 0.363. The number of benzene rings is 2. The number of aliphatic hydroxyl groups excluding tert-OH is 1. The summed E-state index contributed by atoms with van der Waals surface area (Å²) in [4.78, 5) is 31.3. The van der Waals surface area contributed by atoms with Crippen LogP contribution in [0.3, 0.4) is 0 Å². The molecule has 1 fully saturated rings. The molecular weight excluding hydrogens is 432 g/mol. The van der Waals surface area contributed by atoms with Gasteiger partial charge in [0.05, 0.1) is 11.6 Å². The minimum absolute atomic E-state index is 0.0789. The Kier molecular flexibility index (Phi) is 5.27. The Morgan fingerprint density at radius 3 is 2.41 bits per heavy atom. The second-order valence-corrected chi connectivity index (χ2v) is 7.62. The minimum atomic E-state index is -0.694. The largest absolute Gasteiger partial charge is 0.507 e. The SMILES string of the molecule is O=C1C(=O)N(Cc2ccccc2)C(c2cccc(Br)c2)/C1=C(\O)c1ccncc1. The fourth-order valence-corrected chi connectivity index (χ4v) is 3.93. The molecule has 0 spiro atoms. The summed E-state index contributed by atoms with van der Waals surface area (Å²) in [6.07, 6.45) is 3.06. The number of hydrogen-bond donors (Lipinski definition) is 1. The number of pyridine rings is 1. The van der Waals surface area contributed by atoms with E-state index >= 15 is 0 Å². The Morgan fingerprint density at radius 2 is 1.72 bits per heavy atom. The van der Waals surface area contributed by atoms with Crippen LogP contribution in [0.25, 0.3) is 5.76 Å². The number of nitrogens with zero attached hydrogens (tertiary/aromatic N) is 2. The van der Waals surface area contributed by atoms with Crippen LogP contribution in [0, 0.1) is 0 Å². The van der Waals surface area contributed by atoms with Gasteiger partial charge in [0, 0.05) is 29.0 Å². The number of amides is 1. The van der Waals surface area contributed by atoms with Crippen LogP contribution in [0.15, 0.2) is 89.2 Å². The first-order valence-corrected chi connectivity index (χ1v) is 9.84. The number of rotatable bonds is 4. The van der Waals surface area contributed by atoms with Crippen molar-refractivity contribution in [3.05, 3.63) is 106 Å². The first-order chi connectivity index (χ1) is 14.1. The van der Waals surface area contributed by atoms with Gasteiger partial charge >= 0.3 is 0 Å². The lowest BCUT2D eigenvalue weighted by Crippen LogP contribution is -2.29. The monoisotopic (exact) mass is 448 g/mol. The molecule has 3 aromatic rings. The van der Waals surface area contributed by atoms with E-state index in [4.69, 9.17) is 0 Å². The summed E-state index contributed by atoms with van der Waals surface area (Å²) in [5, 5.41) is 10.9. The van der Waals surface area contributed by atoms with E-state index in [9.17, 15) is 14.7 Å². The number of Topliss-reactive ketones (excluding diaryl/α,β-unsaturated/α-hetero) is 1. The van der Waals surface area contributed by atoms with Crippen molar-refractivity contribution >= 4 is 33.4 Å². The van der Waals surface area contributed by atoms with E-state index in [1.165, 1.54) is 17.3 Å². The Bertz CT molecular complexity index is 1100. The van der Waals surface area contributed by atoms with Crippen LogP contribution < -0.4 is 0 Å². The average molecular weight is 449 g/mol. The molecule has 1 unspecified atom stereocenters. The number of carbonyl (C=O) groups excluding carboxylic acids is 2. The number of hydrogen-bond acceptors (Lipinski definition) is 4. The summed E-state index contributed by atoms with van der Waals surface area (Å²) in [6.45, 7) is 0.260. The zero-order valence-electron chi connectivity index (χ0n) is 15.3. The fourth-order valence-electron chi connectivity index (χ4n) is 3.51. The van der Waals surface area contributed by atoms with E-state index in [0.717, 1.165) is 15.6 Å². The van der Waals surface area contributed by atoms with E-state index in [1.807, 2.05) is 54.6 Å². The molecule has 2 heterocycles. The third-order valence-corrected chi connectivity index (χ3v) is 5.35. The maximum atomic E-state index is 13.0. The summed E-state index contributed by atoms with van der Waals surface area (Å²) in [7, 11) is 0. The Hall–Kier alpha value is -3.25. The highest BCUT2D eigenvalue weighted by Crippen LogP contribution is 2.40. The Labute approximate surface area is 176 Å². The van der Waals surface area contributed by atoms with Crippen LogP contribution in [-0.2, 0) is 16.1 Å². The number of halogens is 1. The van der Waals surface area contributed by atoms with Gasteiger partial charge in [0.25, 0.3) is 11.7 Å². The molecule has 0 radical (unpaired) electrons. The number of likely N-dealkylation sites (tertiary alicyclic amines) is 1. The van der Waals surface area contributed by atoms with E-state index in [1.54, 1.807) is 12.1 Å². The number of carbonyl (C=O) groups is 2. The summed E-state index contributed by atoms with van der Waals surface area (Å²) in [5.74, 6) is -1.53. The Morgan fingerprint density at radius 1 is 1.00 bits per heavy atom. The zero-order valence-corrected chi connectivity index (χ0v) is 16.9. The summed E-state index contributed by atoms with van der Waals surface area (Å²) in [6, 6.07) is 19.4. The van der Waals surface area contributed by atoms with Crippen LogP contribution in [0.5, 0.6) is 0 Å². The van der Waals surface area contributed by atoms with Gasteiger partial charge in [-0.3, -0.25) is 14.6 Å². The molecule has 29 heavy (non-hydrogen) atoms. The zero-order chi connectivity index (χ0) is 20.4. The highest BCUT2D eigenvalue weighted by atomic mass is 79.9. The normalized spacial score (nSPS) is 18.2. The molecule has 0 bridgehead atoms. The molecule has 0 saturated carbocycles. The van der Waals surface area contributed by atoms with Gasteiger partial charge in [0.15, 0.2) is 0 Å². The third-order valence-electron chi connectivity index (χ3n) is 4.85. The molecular formula is C23H17BrN2O3. The minimum Gasteiger partial charge on any atom is -0.507 e. The van der Waals surface area contributed by atoms with Crippen molar-refractivity contribution in [2.75, 3.05) is 0 Å². The molecule has 1 N–H and O–H groups in total. The van der Waals surface area contributed by atoms with Gasteiger partial charge in [-0.2, -0.15) is 0 Å². The van der Waals surface area contributed by atoms with Crippen LogP contribution >= 0.6 is 15.9 Å². The van der Waals surface area contributed by atoms with Gasteiger partial charge in [0.2, 0.25) is 0 Å². The first-order valence-electron chi connectivity index (χ1n) is 9.04. The number of aliphatic hydroxyl groups is 1. The standard InChI is InChI=1S/C23H17BrN2O3/c24-18-8-4-7-17(13-18)20-19(21(27)16-9-11-25-12-10-16)22(28)23(29)26(20)14-15-5-2-1-3-6-15/h1-13,20,27H,14H2/b21-19+. The summed E-state index contributed by atoms with van der Waals surface area (Å²) in [5.41, 5.74) is 2.16. The van der Waals surface area contributed by atoms with Crippen LogP contribution in [0.1, 0.15) is 22.7 Å². The van der Waals surface area contributed by atoms with E-state index < -0.39 is 17.7 Å². The van der Waals surface area contributed by atoms with Crippen molar-refractivity contribution in [3.8, 4) is 0 Å². The van der Waals surface area contributed by atoms with Gasteiger partial charge in [-0.15, -0.1) is 0 Å². The predicted molar refractivity (Wildman–Crippen MR) is 113 cm³/mol. The lowest BCUT2D eigenvalue weighted by Gasteiger charge is -2.25. The second kappa shape index (κ2) is 8.01. The molecule has 1 saturated heterocycles. The molecule has 2 aromatic carbocycles. The van der Waals surface area contributed by atoms with Crippen molar-refractivity contribution in [2.45, 2.75) is 12.6 Å². The lowest BCUT2D eigenvalue weighted by atomic mass is 9.95. The molecule has 6 heteroatoms. The molecule has 1 amide bonds. The lowest BCUT2D eigenvalue weighted by molar-refractivity contribution is -0.140. The predicted octanol–water partition coefficient (Wildman–Crippen LogP) is 4.47. The number of aromatic nitrogens is 1. The van der Waals surface area contributed by atoms with Gasteiger partial charge < -0.3 is 10.0 Å². The van der Waals surface area contributed by atoms with Crippen LogP contribution in [0.2, 0.25) is 0 Å². The molecule has 1 aliphatic heterocycles. The first kappa shape index (κ1) is 19.1. The topological polar surface area (TPSA) is 70.5 Å². The summed E-state index contributed by atoms with van der Waals surface area (Å²) < 4.78 is 0.823. The molecule has 1 aliphatic rings. The molecule has 4 rings (SSSR count). The maximum absolute atomic E-state index is 13.0. The van der Waals surface area contributed by atoms with Crippen molar-refractivity contribution in [2.24, 2.45) is 0 Å². The van der Waals surface area contributed by atoms with E-state index in [0.29, 0.717) is 5.56 Å². The van der Waals surface area contributed by atoms with Crippen molar-refractivity contribution in [1.82, 2.24) is 9.88 Å². The van der Waals surface area contributed by atoms with Gasteiger partial charge in [0.1, 0.15) is 5.76 Å². The van der Waals surface area contributed by atoms with Gasteiger partial charge in [-0.25, -0.2) is 0 Å². The van der Waals surface area contributed by atoms with Crippen LogP contribution in [-0.4, -0.2) is 26.7 Å². The molecule has 0 aliphatic carbocycles. The highest BCUT2D eigenvalue weighted by molar-refractivity contribution is 9.10. The number of ketones is 1. The molecule has 144 valence electrons. The third kappa shape index (κ3) is 3.71. The van der Waals surface area contributed by atoms with Gasteiger partial charge in [-0.1, -0.05) is 58.4 Å². The molecule has 5 nitrogen and oxygen atoms in total. The van der Waals surface area contributed by atoms with Crippen molar-refractivity contribution in [3.63, 3.8) is 0 Å². The second-order valence-electron chi connectivity index (χ2n) is 6.70. The Balaban J connectivity index is 1.87. The van der Waals surface area contributed by atoms with Gasteiger partial charge in [-0.05, 0) is 35.4 Å². The molecule has 1 atom stereocenters. The average Bonchev–Trinajstić information content (AvgIpc) is 2.99. The van der Waals surface area contributed by atoms with Crippen molar-refractivity contribution in [1.29, 1.82) is 0 Å². The maximum Gasteiger partial charge on any atom is 0.295 e. The molecule has 1 aromatic heterocycles. The summed E-state index contributed by atoms with van der Waals surface area (Å²) >= 11 is 3.45. The van der Waals surface area contributed by atoms with Crippen molar-refractivity contribution < 1.29 is 14.7 Å². The van der Waals surface area contributed by atoms with E-state index in [2.05, 4.69) is 20.9 Å². The fraction of sp³-hybridized carbons (Fsp3) is 0.0870.